The molecule has 8 heteroatoms. The Kier molecular flexibility index (Phi) is 14.1. The van der Waals surface area contributed by atoms with Gasteiger partial charge in [0.15, 0.2) is 0 Å². The minimum atomic E-state index is 0. The molecule has 1 aromatic rings. The van der Waals surface area contributed by atoms with Crippen LogP contribution in [0.3, 0.4) is 0 Å². The Balaban J connectivity index is 0.00000243. The van der Waals surface area contributed by atoms with E-state index >= 15 is 0 Å². The number of likely N-dealkylation sites (N-methyl/N-ethyl adjacent to an activating group) is 1. The molecule has 1 amide bonds. The molecule has 3 rings (SSSR count). The van der Waals surface area contributed by atoms with Gasteiger partial charge in [-0.3, -0.25) is 9.69 Å². The number of piperazine rings is 1. The van der Waals surface area contributed by atoms with E-state index in [2.05, 4.69) is 51.7 Å². The Hall–Kier alpha value is -0.560. The van der Waals surface area contributed by atoms with Gasteiger partial charge in [0.2, 0.25) is 5.91 Å². The van der Waals surface area contributed by atoms with Gasteiger partial charge in [-0.15, -0.1) is 37.2 Å². The number of benzene rings is 1. The fraction of sp³-hybridized carbons (Fsp3) is 0.650. The molecule has 0 radical (unpaired) electrons. The standard InChI is InChI=1S/C20H32N4O.3ClH/c1-23-10-12-24(13-11-23)16-19-4-2-17(3-5-19)15-22-20(25)7-6-18-8-9-21-14-18;;;/h2-5,18,21H,6-16H2,1H3,(H,22,25);3*1H. The summed E-state index contributed by atoms with van der Waals surface area (Å²) in [5.41, 5.74) is 2.53. The maximum Gasteiger partial charge on any atom is 0.220 e. The van der Waals surface area contributed by atoms with Crippen LogP contribution >= 0.6 is 37.2 Å². The van der Waals surface area contributed by atoms with E-state index in [0.717, 1.165) is 52.2 Å². The van der Waals surface area contributed by atoms with Gasteiger partial charge in [-0.2, -0.15) is 0 Å². The SMILES string of the molecule is CN1CCN(Cc2ccc(CNC(=O)CCC3CCNC3)cc2)CC1.Cl.Cl.Cl. The first-order valence-corrected chi connectivity index (χ1v) is 9.65. The molecule has 5 nitrogen and oxygen atoms in total. The summed E-state index contributed by atoms with van der Waals surface area (Å²) in [6.07, 6.45) is 2.86. The van der Waals surface area contributed by atoms with Crippen LogP contribution in [-0.4, -0.2) is 62.0 Å². The van der Waals surface area contributed by atoms with Crippen LogP contribution in [-0.2, 0) is 17.9 Å². The average Bonchev–Trinajstić information content (AvgIpc) is 3.15. The zero-order valence-corrected chi connectivity index (χ0v) is 19.1. The summed E-state index contributed by atoms with van der Waals surface area (Å²) in [7, 11) is 2.19. The van der Waals surface area contributed by atoms with Gasteiger partial charge in [-0.25, -0.2) is 0 Å². The quantitative estimate of drug-likeness (QED) is 0.666. The molecule has 2 heterocycles. The Bertz CT molecular complexity index is 545. The van der Waals surface area contributed by atoms with Crippen molar-refractivity contribution in [1.82, 2.24) is 20.4 Å². The number of carbonyl (C=O) groups excluding carboxylic acids is 1. The van der Waals surface area contributed by atoms with Crippen molar-refractivity contribution in [1.29, 1.82) is 0 Å². The lowest BCUT2D eigenvalue weighted by atomic mass is 10.0. The molecule has 0 bridgehead atoms. The largest absolute Gasteiger partial charge is 0.352 e. The number of rotatable bonds is 7. The van der Waals surface area contributed by atoms with Crippen LogP contribution in [0.1, 0.15) is 30.4 Å². The van der Waals surface area contributed by atoms with Gasteiger partial charge < -0.3 is 15.5 Å². The summed E-state index contributed by atoms with van der Waals surface area (Å²) in [6, 6.07) is 8.69. The minimum absolute atomic E-state index is 0. The highest BCUT2D eigenvalue weighted by molar-refractivity contribution is 5.86. The third-order valence-electron chi connectivity index (χ3n) is 5.46. The van der Waals surface area contributed by atoms with E-state index in [9.17, 15) is 4.79 Å². The molecule has 28 heavy (non-hydrogen) atoms. The van der Waals surface area contributed by atoms with Gasteiger partial charge in [0.25, 0.3) is 0 Å². The third-order valence-corrected chi connectivity index (χ3v) is 5.46. The van der Waals surface area contributed by atoms with Crippen LogP contribution in [0.4, 0.5) is 0 Å². The highest BCUT2D eigenvalue weighted by atomic mass is 35.5. The molecule has 2 aliphatic rings. The topological polar surface area (TPSA) is 47.6 Å². The highest BCUT2D eigenvalue weighted by Gasteiger charge is 2.16. The molecule has 1 unspecified atom stereocenters. The number of carbonyl (C=O) groups is 1. The van der Waals surface area contributed by atoms with Gasteiger partial charge >= 0.3 is 0 Å². The molecule has 162 valence electrons. The number of nitrogens with one attached hydrogen (secondary N) is 2. The van der Waals surface area contributed by atoms with Crippen LogP contribution in [0.25, 0.3) is 0 Å². The van der Waals surface area contributed by atoms with E-state index < -0.39 is 0 Å². The lowest BCUT2D eigenvalue weighted by Gasteiger charge is -2.32. The molecular weight excluding hydrogens is 419 g/mol. The van der Waals surface area contributed by atoms with Crippen molar-refractivity contribution in [2.75, 3.05) is 46.3 Å². The summed E-state index contributed by atoms with van der Waals surface area (Å²) in [4.78, 5) is 16.9. The number of amides is 1. The van der Waals surface area contributed by atoms with Crippen molar-refractivity contribution in [3.63, 3.8) is 0 Å². The second kappa shape index (κ2) is 14.4. The Labute approximate surface area is 188 Å². The summed E-state index contributed by atoms with van der Waals surface area (Å²) in [6.45, 7) is 8.43. The zero-order valence-electron chi connectivity index (χ0n) is 16.7. The van der Waals surface area contributed by atoms with E-state index in [0.29, 0.717) is 18.9 Å². The highest BCUT2D eigenvalue weighted by Crippen LogP contribution is 2.14. The molecule has 2 N–H and O–H groups in total. The smallest absolute Gasteiger partial charge is 0.220 e. The predicted octanol–water partition coefficient (Wildman–Crippen LogP) is 2.71. The first-order chi connectivity index (χ1) is 12.2. The van der Waals surface area contributed by atoms with Gasteiger partial charge in [-0.05, 0) is 50.0 Å². The second-order valence-electron chi connectivity index (χ2n) is 7.57. The van der Waals surface area contributed by atoms with Crippen molar-refractivity contribution in [2.24, 2.45) is 5.92 Å². The maximum absolute atomic E-state index is 12.0. The lowest BCUT2D eigenvalue weighted by Crippen LogP contribution is -2.43. The van der Waals surface area contributed by atoms with Crippen molar-refractivity contribution < 1.29 is 4.79 Å². The van der Waals surface area contributed by atoms with E-state index in [1.165, 1.54) is 17.5 Å². The van der Waals surface area contributed by atoms with Crippen molar-refractivity contribution in [3.05, 3.63) is 35.4 Å². The predicted molar refractivity (Wildman–Crippen MR) is 123 cm³/mol. The fourth-order valence-corrected chi connectivity index (χ4v) is 3.61. The zero-order chi connectivity index (χ0) is 17.5. The van der Waals surface area contributed by atoms with Crippen LogP contribution < -0.4 is 10.6 Å². The summed E-state index contributed by atoms with van der Waals surface area (Å²) < 4.78 is 0. The first-order valence-electron chi connectivity index (χ1n) is 9.65. The number of nitrogens with zero attached hydrogens (tertiary/aromatic N) is 2. The summed E-state index contributed by atoms with van der Waals surface area (Å²) >= 11 is 0. The normalized spacial score (nSPS) is 19.8. The van der Waals surface area contributed by atoms with Crippen LogP contribution in [0, 0.1) is 5.92 Å². The van der Waals surface area contributed by atoms with Gasteiger partial charge in [0, 0.05) is 45.7 Å². The lowest BCUT2D eigenvalue weighted by molar-refractivity contribution is -0.121. The molecule has 2 aliphatic heterocycles. The molecule has 1 aromatic carbocycles. The van der Waals surface area contributed by atoms with Crippen LogP contribution in [0.5, 0.6) is 0 Å². The second-order valence-corrected chi connectivity index (χ2v) is 7.57. The molecule has 2 fully saturated rings. The summed E-state index contributed by atoms with van der Waals surface area (Å²) in [5, 5.41) is 6.41. The maximum atomic E-state index is 12.0. The van der Waals surface area contributed by atoms with Crippen LogP contribution in [0.2, 0.25) is 0 Å². The van der Waals surface area contributed by atoms with E-state index in [1.807, 2.05) is 0 Å². The van der Waals surface area contributed by atoms with E-state index in [1.54, 1.807) is 0 Å². The Morgan fingerprint density at radius 2 is 1.71 bits per heavy atom. The van der Waals surface area contributed by atoms with Gasteiger partial charge in [0.1, 0.15) is 0 Å². The first kappa shape index (κ1) is 27.4. The monoisotopic (exact) mass is 452 g/mol. The Morgan fingerprint density at radius 3 is 2.32 bits per heavy atom. The molecule has 0 saturated carbocycles. The van der Waals surface area contributed by atoms with Crippen molar-refractivity contribution in [3.8, 4) is 0 Å². The van der Waals surface area contributed by atoms with E-state index in [-0.39, 0.29) is 43.1 Å². The fourth-order valence-electron chi connectivity index (χ4n) is 3.61. The molecular formula is C20H35Cl3N4O. The summed E-state index contributed by atoms with van der Waals surface area (Å²) in [5.74, 6) is 0.855. The molecule has 0 aromatic heterocycles. The third kappa shape index (κ3) is 9.29. The van der Waals surface area contributed by atoms with E-state index in [4.69, 9.17) is 0 Å². The number of hydrogen-bond acceptors (Lipinski definition) is 4. The molecule has 2 saturated heterocycles. The number of halogens is 3. The van der Waals surface area contributed by atoms with Crippen LogP contribution in [0.15, 0.2) is 24.3 Å². The van der Waals surface area contributed by atoms with Gasteiger partial charge in [-0.1, -0.05) is 24.3 Å². The molecule has 0 spiro atoms. The molecule has 0 aliphatic carbocycles. The molecule has 1 atom stereocenters. The van der Waals surface area contributed by atoms with Crippen molar-refractivity contribution in [2.45, 2.75) is 32.4 Å². The van der Waals surface area contributed by atoms with Gasteiger partial charge in [0.05, 0.1) is 0 Å². The number of hydrogen-bond donors (Lipinski definition) is 2. The Morgan fingerprint density at radius 1 is 1.07 bits per heavy atom. The van der Waals surface area contributed by atoms with Crippen molar-refractivity contribution >= 4 is 43.1 Å². The average molecular weight is 454 g/mol. The minimum Gasteiger partial charge on any atom is -0.352 e.